The van der Waals surface area contributed by atoms with Crippen LogP contribution >= 0.6 is 23.2 Å². The van der Waals surface area contributed by atoms with Crippen LogP contribution in [0.2, 0.25) is 10.0 Å². The van der Waals surface area contributed by atoms with Gasteiger partial charge in [-0.15, -0.1) is 0 Å². The van der Waals surface area contributed by atoms with Crippen molar-refractivity contribution in [2.75, 3.05) is 58.0 Å². The van der Waals surface area contributed by atoms with Gasteiger partial charge in [0.05, 0.1) is 17.3 Å². The summed E-state index contributed by atoms with van der Waals surface area (Å²) in [4.78, 5) is 45.3. The van der Waals surface area contributed by atoms with Gasteiger partial charge in [0.2, 0.25) is 11.8 Å². The minimum atomic E-state index is -0.451. The predicted molar refractivity (Wildman–Crippen MR) is 190 cm³/mol. The maximum atomic E-state index is 13.0. The maximum absolute atomic E-state index is 13.0. The molecule has 0 spiro atoms. The number of carbonyl (C=O) groups excluding carboxylic acids is 3. The summed E-state index contributed by atoms with van der Waals surface area (Å²) in [5, 5.41) is 10.2. The van der Waals surface area contributed by atoms with Crippen molar-refractivity contribution in [1.82, 2.24) is 20.5 Å². The average Bonchev–Trinajstić information content (AvgIpc) is 3.05. The quantitative estimate of drug-likeness (QED) is 0.159. The zero-order valence-electron chi connectivity index (χ0n) is 27.0. The molecule has 246 valence electrons. The summed E-state index contributed by atoms with van der Waals surface area (Å²) in [5.41, 5.74) is 4.69. The second kappa shape index (κ2) is 16.3. The SMILES string of the molecule is CNC(=O)c1ccc(C=CC(=O)NCC(=O)N(C)c2ccc(Cl)c(COc3cccc4c(NCCN(C)C)cc(C)nc34)c2Cl)cc1. The lowest BCUT2D eigenvalue weighted by Crippen LogP contribution is -2.37. The van der Waals surface area contributed by atoms with Crippen LogP contribution in [0, 0.1) is 6.92 Å². The molecule has 1 aromatic heterocycles. The van der Waals surface area contributed by atoms with Gasteiger partial charge in [0.1, 0.15) is 17.9 Å². The number of fused-ring (bicyclic) bond motifs is 1. The first-order chi connectivity index (χ1) is 22.5. The summed E-state index contributed by atoms with van der Waals surface area (Å²) < 4.78 is 6.23. The lowest BCUT2D eigenvalue weighted by molar-refractivity contribution is -0.122. The van der Waals surface area contributed by atoms with E-state index in [1.807, 2.05) is 45.3 Å². The van der Waals surface area contributed by atoms with Gasteiger partial charge in [0.25, 0.3) is 5.91 Å². The van der Waals surface area contributed by atoms with E-state index in [-0.39, 0.29) is 30.0 Å². The van der Waals surface area contributed by atoms with Crippen molar-refractivity contribution in [3.05, 3.63) is 99.2 Å². The Morgan fingerprint density at radius 3 is 2.45 bits per heavy atom. The monoisotopic (exact) mass is 676 g/mol. The highest BCUT2D eigenvalue weighted by molar-refractivity contribution is 6.38. The molecule has 47 heavy (non-hydrogen) atoms. The van der Waals surface area contributed by atoms with Gasteiger partial charge in [0, 0.05) is 66.2 Å². The lowest BCUT2D eigenvalue weighted by Gasteiger charge is -2.21. The third kappa shape index (κ3) is 9.22. The fraction of sp³-hybridized carbons (Fsp3) is 0.257. The second-order valence-electron chi connectivity index (χ2n) is 11.0. The van der Waals surface area contributed by atoms with Crippen LogP contribution in [0.25, 0.3) is 17.0 Å². The number of amides is 3. The number of nitrogens with one attached hydrogen (secondary N) is 3. The zero-order chi connectivity index (χ0) is 34.1. The van der Waals surface area contributed by atoms with Crippen LogP contribution in [0.1, 0.15) is 27.2 Å². The number of likely N-dealkylation sites (N-methyl/N-ethyl adjacent to an activating group) is 2. The minimum absolute atomic E-state index is 0.0390. The lowest BCUT2D eigenvalue weighted by atomic mass is 10.1. The number of carbonyl (C=O) groups is 3. The van der Waals surface area contributed by atoms with Crippen molar-refractivity contribution in [1.29, 1.82) is 0 Å². The van der Waals surface area contributed by atoms with E-state index in [0.29, 0.717) is 33.1 Å². The number of hydrogen-bond donors (Lipinski definition) is 3. The Morgan fingerprint density at radius 2 is 1.74 bits per heavy atom. The fourth-order valence-electron chi connectivity index (χ4n) is 4.69. The average molecular weight is 678 g/mol. The Labute approximate surface area is 284 Å². The van der Waals surface area contributed by atoms with Gasteiger partial charge in [-0.1, -0.05) is 47.5 Å². The van der Waals surface area contributed by atoms with Gasteiger partial charge < -0.3 is 30.5 Å². The number of hydrogen-bond acceptors (Lipinski definition) is 7. The van der Waals surface area contributed by atoms with Crippen molar-refractivity contribution >= 4 is 69.3 Å². The van der Waals surface area contributed by atoms with Crippen molar-refractivity contribution in [2.45, 2.75) is 13.5 Å². The Hall–Kier alpha value is -4.64. The maximum Gasteiger partial charge on any atom is 0.251 e. The zero-order valence-corrected chi connectivity index (χ0v) is 28.5. The van der Waals surface area contributed by atoms with E-state index in [1.54, 1.807) is 56.6 Å². The van der Waals surface area contributed by atoms with Crippen LogP contribution in [0.5, 0.6) is 5.75 Å². The van der Waals surface area contributed by atoms with Crippen LogP contribution in [0.3, 0.4) is 0 Å². The first-order valence-corrected chi connectivity index (χ1v) is 15.7. The predicted octanol–water partition coefficient (Wildman–Crippen LogP) is 5.55. The molecule has 3 aromatic carbocycles. The molecule has 0 aliphatic heterocycles. The van der Waals surface area contributed by atoms with Crippen molar-refractivity contribution < 1.29 is 19.1 Å². The number of aryl methyl sites for hydroxylation is 1. The molecular weight excluding hydrogens is 639 g/mol. The fourth-order valence-corrected chi connectivity index (χ4v) is 5.30. The molecule has 0 saturated carbocycles. The summed E-state index contributed by atoms with van der Waals surface area (Å²) in [6.07, 6.45) is 2.91. The van der Waals surface area contributed by atoms with Crippen LogP contribution in [0.4, 0.5) is 11.4 Å². The molecule has 0 bridgehead atoms. The van der Waals surface area contributed by atoms with Gasteiger partial charge >= 0.3 is 0 Å². The summed E-state index contributed by atoms with van der Waals surface area (Å²) in [6.45, 7) is 3.37. The van der Waals surface area contributed by atoms with Gasteiger partial charge in [-0.3, -0.25) is 14.4 Å². The number of anilines is 2. The van der Waals surface area contributed by atoms with Crippen molar-refractivity contribution in [2.24, 2.45) is 0 Å². The number of ether oxygens (including phenoxy) is 1. The standard InChI is InChI=1S/C35H38Cl2N6O4/c1-22-19-28(39-17-18-42(3)4)25-7-6-8-30(34(25)41-22)47-21-26-27(36)14-15-29(33(26)37)43(5)32(45)20-40-31(44)16-11-23-9-12-24(13-10-23)35(46)38-2/h6-16,19H,17-18,20-21H2,1-5H3,(H,38,46)(H,39,41)(H,40,44). The second-order valence-corrected chi connectivity index (χ2v) is 11.8. The first kappa shape index (κ1) is 35.2. The van der Waals surface area contributed by atoms with Crippen LogP contribution < -0.4 is 25.6 Å². The molecule has 0 saturated heterocycles. The van der Waals surface area contributed by atoms with E-state index in [2.05, 4.69) is 20.9 Å². The van der Waals surface area contributed by atoms with Gasteiger partial charge in [-0.05, 0) is 69.1 Å². The highest BCUT2D eigenvalue weighted by atomic mass is 35.5. The van der Waals surface area contributed by atoms with Gasteiger partial charge in [0.15, 0.2) is 0 Å². The largest absolute Gasteiger partial charge is 0.487 e. The van der Waals surface area contributed by atoms with Crippen molar-refractivity contribution in [3.8, 4) is 5.75 Å². The Balaban J connectivity index is 1.42. The van der Waals surface area contributed by atoms with Crippen LogP contribution in [-0.4, -0.2) is 75.4 Å². The molecule has 1 heterocycles. The van der Waals surface area contributed by atoms with E-state index in [4.69, 9.17) is 32.9 Å². The van der Waals surface area contributed by atoms with Crippen LogP contribution in [0.15, 0.2) is 66.7 Å². The van der Waals surface area contributed by atoms with Crippen molar-refractivity contribution in [3.63, 3.8) is 0 Å². The van der Waals surface area contributed by atoms with E-state index in [1.165, 1.54) is 11.0 Å². The number of benzene rings is 3. The molecule has 3 N–H and O–H groups in total. The number of para-hydroxylation sites is 1. The number of nitrogens with zero attached hydrogens (tertiary/aromatic N) is 3. The van der Waals surface area contributed by atoms with E-state index in [9.17, 15) is 14.4 Å². The normalized spacial score (nSPS) is 11.1. The molecule has 3 amide bonds. The smallest absolute Gasteiger partial charge is 0.251 e. The molecule has 12 heteroatoms. The number of aromatic nitrogens is 1. The molecule has 10 nitrogen and oxygen atoms in total. The van der Waals surface area contributed by atoms with E-state index in [0.717, 1.165) is 35.4 Å². The van der Waals surface area contributed by atoms with E-state index >= 15 is 0 Å². The highest BCUT2D eigenvalue weighted by Crippen LogP contribution is 2.36. The molecule has 0 aliphatic rings. The summed E-state index contributed by atoms with van der Waals surface area (Å²) >= 11 is 13.3. The van der Waals surface area contributed by atoms with Gasteiger partial charge in [-0.25, -0.2) is 4.98 Å². The molecular formula is C35H38Cl2N6O4. The Bertz CT molecular complexity index is 1790. The van der Waals surface area contributed by atoms with Crippen LogP contribution in [-0.2, 0) is 16.2 Å². The summed E-state index contributed by atoms with van der Waals surface area (Å²) in [5.74, 6) is -0.465. The minimum Gasteiger partial charge on any atom is -0.487 e. The third-order valence-corrected chi connectivity index (χ3v) is 8.09. The van der Waals surface area contributed by atoms with E-state index < -0.39 is 5.91 Å². The molecule has 0 aliphatic carbocycles. The number of pyridine rings is 1. The Kier molecular flexibility index (Phi) is 12.2. The topological polar surface area (TPSA) is 116 Å². The summed E-state index contributed by atoms with van der Waals surface area (Å²) in [6, 6.07) is 17.8. The number of halogens is 2. The molecule has 0 unspecified atom stereocenters. The Morgan fingerprint density at radius 1 is 1.00 bits per heavy atom. The molecule has 0 radical (unpaired) electrons. The summed E-state index contributed by atoms with van der Waals surface area (Å²) in [7, 11) is 7.18. The molecule has 4 aromatic rings. The molecule has 0 fully saturated rings. The molecule has 0 atom stereocenters. The molecule has 4 rings (SSSR count). The third-order valence-electron chi connectivity index (χ3n) is 7.32. The first-order valence-electron chi connectivity index (χ1n) is 14.9. The van der Waals surface area contributed by atoms with Gasteiger partial charge in [-0.2, -0.15) is 0 Å². The highest BCUT2D eigenvalue weighted by Gasteiger charge is 2.20. The number of rotatable bonds is 13.